The molecule has 0 fully saturated rings. The predicted octanol–water partition coefficient (Wildman–Crippen LogP) is 1.09. The number of hydrogen-bond donors (Lipinski definition) is 2. The Morgan fingerprint density at radius 2 is 2.24 bits per heavy atom. The number of hydrogen-bond acceptors (Lipinski definition) is 5. The molecule has 2 rings (SSSR count). The number of benzene rings is 1. The van der Waals surface area contributed by atoms with Crippen molar-refractivity contribution in [2.24, 2.45) is 5.73 Å². The van der Waals surface area contributed by atoms with E-state index in [-0.39, 0.29) is 12.5 Å². The van der Waals surface area contributed by atoms with Crippen molar-refractivity contribution in [3.63, 3.8) is 0 Å². The molecule has 0 radical (unpaired) electrons. The lowest BCUT2D eigenvalue weighted by Gasteiger charge is -2.19. The van der Waals surface area contributed by atoms with Crippen LogP contribution in [0.2, 0.25) is 5.02 Å². The molecular formula is C13H17ClN6O. The molecule has 1 aromatic heterocycles. The van der Waals surface area contributed by atoms with Gasteiger partial charge in [-0.1, -0.05) is 22.9 Å². The highest BCUT2D eigenvalue weighted by atomic mass is 35.5. The van der Waals surface area contributed by atoms with Crippen LogP contribution in [0.25, 0.3) is 0 Å². The van der Waals surface area contributed by atoms with Crippen LogP contribution in [-0.2, 0) is 17.9 Å². The minimum atomic E-state index is -0.214. The minimum absolute atomic E-state index is 0.0619. The van der Waals surface area contributed by atoms with Crippen LogP contribution in [0.3, 0.4) is 0 Å². The number of nitrogens with two attached hydrogens (primary N) is 1. The average molecular weight is 309 g/mol. The molecule has 112 valence electrons. The number of aromatic nitrogens is 3. The molecule has 0 spiro atoms. The van der Waals surface area contributed by atoms with Crippen molar-refractivity contribution >= 4 is 28.9 Å². The van der Waals surface area contributed by atoms with E-state index in [0.29, 0.717) is 22.9 Å². The summed E-state index contributed by atoms with van der Waals surface area (Å²) in [7, 11) is 3.73. The van der Waals surface area contributed by atoms with Gasteiger partial charge in [-0.3, -0.25) is 4.79 Å². The third kappa shape index (κ3) is 3.71. The molecule has 8 heteroatoms. The van der Waals surface area contributed by atoms with E-state index in [0.717, 1.165) is 5.69 Å². The zero-order valence-electron chi connectivity index (χ0n) is 11.9. The highest BCUT2D eigenvalue weighted by molar-refractivity contribution is 6.34. The molecule has 0 saturated carbocycles. The van der Waals surface area contributed by atoms with Crippen molar-refractivity contribution in [1.29, 1.82) is 0 Å². The number of carbonyl (C=O) groups excluding carboxylic acids is 1. The molecule has 0 saturated heterocycles. The fourth-order valence-corrected chi connectivity index (χ4v) is 2.26. The van der Waals surface area contributed by atoms with Crippen molar-refractivity contribution in [1.82, 2.24) is 15.0 Å². The first-order chi connectivity index (χ1) is 10.0. The standard InChI is InChI=1S/C13H17ClN6O/c1-19(2)13-10(14)4-3-5-11(13)16-12(21)8-20-7-9(6-15)17-18-20/h3-5,7H,6,8,15H2,1-2H3,(H,16,21). The number of halogens is 1. The smallest absolute Gasteiger partial charge is 0.246 e. The first-order valence-electron chi connectivity index (χ1n) is 6.36. The van der Waals surface area contributed by atoms with Crippen molar-refractivity contribution < 1.29 is 4.79 Å². The van der Waals surface area contributed by atoms with E-state index in [9.17, 15) is 4.79 Å². The molecule has 1 amide bonds. The highest BCUT2D eigenvalue weighted by Gasteiger charge is 2.12. The van der Waals surface area contributed by atoms with Crippen LogP contribution in [0, 0.1) is 0 Å². The van der Waals surface area contributed by atoms with Crippen LogP contribution in [0.5, 0.6) is 0 Å². The second-order valence-electron chi connectivity index (χ2n) is 4.69. The van der Waals surface area contributed by atoms with Crippen LogP contribution in [0.1, 0.15) is 5.69 Å². The molecule has 3 N–H and O–H groups in total. The Kier molecular flexibility index (Phi) is 4.77. The lowest BCUT2D eigenvalue weighted by atomic mass is 10.2. The van der Waals surface area contributed by atoms with Gasteiger partial charge in [-0.05, 0) is 12.1 Å². The lowest BCUT2D eigenvalue weighted by Crippen LogP contribution is -2.21. The van der Waals surface area contributed by atoms with E-state index in [1.54, 1.807) is 24.4 Å². The zero-order valence-corrected chi connectivity index (χ0v) is 12.6. The van der Waals surface area contributed by atoms with Gasteiger partial charge in [0.25, 0.3) is 0 Å². The Morgan fingerprint density at radius 1 is 1.48 bits per heavy atom. The molecular weight excluding hydrogens is 292 g/mol. The average Bonchev–Trinajstić information content (AvgIpc) is 2.85. The van der Waals surface area contributed by atoms with Gasteiger partial charge in [0, 0.05) is 20.6 Å². The Hall–Kier alpha value is -2.12. The zero-order chi connectivity index (χ0) is 15.4. The predicted molar refractivity (Wildman–Crippen MR) is 82.3 cm³/mol. The van der Waals surface area contributed by atoms with Gasteiger partial charge in [0.05, 0.1) is 28.3 Å². The van der Waals surface area contributed by atoms with Gasteiger partial charge in [-0.2, -0.15) is 0 Å². The van der Waals surface area contributed by atoms with E-state index < -0.39 is 0 Å². The summed E-state index contributed by atoms with van der Waals surface area (Å²) in [6, 6.07) is 5.36. The van der Waals surface area contributed by atoms with Crippen molar-refractivity contribution in [2.45, 2.75) is 13.1 Å². The van der Waals surface area contributed by atoms with Crippen LogP contribution in [-0.4, -0.2) is 35.0 Å². The van der Waals surface area contributed by atoms with Crippen LogP contribution < -0.4 is 16.0 Å². The van der Waals surface area contributed by atoms with Gasteiger partial charge >= 0.3 is 0 Å². The number of anilines is 2. The van der Waals surface area contributed by atoms with E-state index in [1.165, 1.54) is 4.68 Å². The van der Waals surface area contributed by atoms with Crippen molar-refractivity contribution in [2.75, 3.05) is 24.3 Å². The van der Waals surface area contributed by atoms with Gasteiger partial charge in [0.15, 0.2) is 0 Å². The molecule has 0 atom stereocenters. The Bertz CT molecular complexity index is 639. The lowest BCUT2D eigenvalue weighted by molar-refractivity contribution is -0.116. The maximum absolute atomic E-state index is 12.1. The monoisotopic (exact) mass is 308 g/mol. The van der Waals surface area contributed by atoms with Crippen LogP contribution in [0.4, 0.5) is 11.4 Å². The Morgan fingerprint density at radius 3 is 2.86 bits per heavy atom. The topological polar surface area (TPSA) is 89.1 Å². The number of carbonyl (C=O) groups is 1. The van der Waals surface area contributed by atoms with Gasteiger partial charge in [0.1, 0.15) is 6.54 Å². The number of nitrogens with one attached hydrogen (secondary N) is 1. The molecule has 0 aliphatic heterocycles. The SMILES string of the molecule is CN(C)c1c(Cl)cccc1NC(=O)Cn1cc(CN)nn1. The Labute approximate surface area is 127 Å². The number of para-hydroxylation sites is 1. The normalized spacial score (nSPS) is 10.5. The molecule has 0 aliphatic rings. The summed E-state index contributed by atoms with van der Waals surface area (Å²) in [4.78, 5) is 13.9. The maximum Gasteiger partial charge on any atom is 0.246 e. The van der Waals surface area contributed by atoms with Crippen LogP contribution >= 0.6 is 11.6 Å². The number of amides is 1. The molecule has 21 heavy (non-hydrogen) atoms. The summed E-state index contributed by atoms with van der Waals surface area (Å²) >= 11 is 6.16. The van der Waals surface area contributed by atoms with Crippen LogP contribution in [0.15, 0.2) is 24.4 Å². The highest BCUT2D eigenvalue weighted by Crippen LogP contribution is 2.32. The number of rotatable bonds is 5. The fraction of sp³-hybridized carbons (Fsp3) is 0.308. The van der Waals surface area contributed by atoms with Gasteiger partial charge in [-0.25, -0.2) is 4.68 Å². The summed E-state index contributed by atoms with van der Waals surface area (Å²) in [5.74, 6) is -0.214. The first kappa shape index (κ1) is 15.3. The molecule has 1 aromatic carbocycles. The van der Waals surface area contributed by atoms with E-state index in [4.69, 9.17) is 17.3 Å². The van der Waals surface area contributed by atoms with Gasteiger partial charge < -0.3 is 16.0 Å². The molecule has 0 unspecified atom stereocenters. The third-order valence-corrected chi connectivity index (χ3v) is 3.11. The van der Waals surface area contributed by atoms with E-state index >= 15 is 0 Å². The van der Waals surface area contributed by atoms with Crippen molar-refractivity contribution in [3.8, 4) is 0 Å². The molecule has 2 aromatic rings. The minimum Gasteiger partial charge on any atom is -0.375 e. The van der Waals surface area contributed by atoms with Gasteiger partial charge in [-0.15, -0.1) is 5.10 Å². The molecule has 7 nitrogen and oxygen atoms in total. The summed E-state index contributed by atoms with van der Waals surface area (Å²) in [6.07, 6.45) is 1.64. The quantitative estimate of drug-likeness (QED) is 0.863. The maximum atomic E-state index is 12.1. The fourth-order valence-electron chi connectivity index (χ4n) is 1.92. The van der Waals surface area contributed by atoms with Gasteiger partial charge in [0.2, 0.25) is 5.91 Å². The summed E-state index contributed by atoms with van der Waals surface area (Å²) in [6.45, 7) is 0.354. The first-order valence-corrected chi connectivity index (χ1v) is 6.74. The van der Waals surface area contributed by atoms with E-state index in [1.807, 2.05) is 19.0 Å². The van der Waals surface area contributed by atoms with Crippen molar-refractivity contribution in [3.05, 3.63) is 35.1 Å². The summed E-state index contributed by atoms with van der Waals surface area (Å²) in [5.41, 5.74) is 7.50. The largest absolute Gasteiger partial charge is 0.375 e. The molecule has 1 heterocycles. The summed E-state index contributed by atoms with van der Waals surface area (Å²) in [5, 5.41) is 11.1. The second-order valence-corrected chi connectivity index (χ2v) is 5.10. The Balaban J connectivity index is 2.11. The summed E-state index contributed by atoms with van der Waals surface area (Å²) < 4.78 is 1.44. The second kappa shape index (κ2) is 6.55. The molecule has 0 bridgehead atoms. The van der Waals surface area contributed by atoms with E-state index in [2.05, 4.69) is 15.6 Å². The third-order valence-electron chi connectivity index (χ3n) is 2.81. The molecule has 0 aliphatic carbocycles. The number of nitrogens with zero attached hydrogens (tertiary/aromatic N) is 4.